The Labute approximate surface area is 121 Å². The summed E-state index contributed by atoms with van der Waals surface area (Å²) in [7, 11) is 1.68. The Kier molecular flexibility index (Phi) is 8.20. The highest BCUT2D eigenvalue weighted by atomic mass is 16.5. The maximum atomic E-state index is 10.8. The summed E-state index contributed by atoms with van der Waals surface area (Å²) in [6.07, 6.45) is 7.93. The first-order valence-electron chi connectivity index (χ1n) is 7.18. The van der Waals surface area contributed by atoms with E-state index in [1.807, 2.05) is 12.1 Å². The van der Waals surface area contributed by atoms with Crippen molar-refractivity contribution in [1.82, 2.24) is 0 Å². The Bertz CT molecular complexity index is 395. The highest BCUT2D eigenvalue weighted by molar-refractivity contribution is 5.81. The van der Waals surface area contributed by atoms with Gasteiger partial charge in [-0.3, -0.25) is 0 Å². The molecule has 110 valence electrons. The Hall–Kier alpha value is -1.77. The molecule has 20 heavy (non-hydrogen) atoms. The molecule has 0 heterocycles. The summed E-state index contributed by atoms with van der Waals surface area (Å²) in [4.78, 5) is 10.8. The summed E-state index contributed by atoms with van der Waals surface area (Å²) in [5.74, 6) is 0.576. The van der Waals surface area contributed by atoms with E-state index in [2.05, 4.69) is 18.7 Å². The number of unbranched alkanes of at least 4 members (excludes halogenated alkanes) is 4. The molecule has 0 bridgehead atoms. The number of benzene rings is 1. The molecule has 0 N–H and O–H groups in total. The summed E-state index contributed by atoms with van der Waals surface area (Å²) in [5.41, 5.74) is 1.35. The molecule has 1 aromatic rings. The third kappa shape index (κ3) is 6.98. The van der Waals surface area contributed by atoms with E-state index in [0.29, 0.717) is 6.61 Å². The van der Waals surface area contributed by atoms with Crippen molar-refractivity contribution in [3.8, 4) is 5.75 Å². The quantitative estimate of drug-likeness (QED) is 0.369. The fourth-order valence-electron chi connectivity index (χ4n) is 1.99. The van der Waals surface area contributed by atoms with Crippen LogP contribution < -0.4 is 4.74 Å². The van der Waals surface area contributed by atoms with Crippen molar-refractivity contribution in [2.45, 2.75) is 38.5 Å². The molecule has 0 fully saturated rings. The van der Waals surface area contributed by atoms with Crippen LogP contribution in [0.25, 0.3) is 0 Å². The number of carbonyl (C=O) groups excluding carboxylic acids is 1. The summed E-state index contributed by atoms with van der Waals surface area (Å²) in [6, 6.07) is 8.24. The highest BCUT2D eigenvalue weighted by Crippen LogP contribution is 2.14. The van der Waals surface area contributed by atoms with E-state index < -0.39 is 0 Å². The first-order valence-corrected chi connectivity index (χ1v) is 7.18. The zero-order valence-corrected chi connectivity index (χ0v) is 12.3. The fourth-order valence-corrected chi connectivity index (χ4v) is 1.99. The maximum Gasteiger partial charge on any atom is 0.330 e. The molecular formula is C17H24O3. The molecule has 1 aromatic carbocycles. The van der Waals surface area contributed by atoms with E-state index in [9.17, 15) is 4.79 Å². The maximum absolute atomic E-state index is 10.8. The van der Waals surface area contributed by atoms with Crippen LogP contribution in [0.15, 0.2) is 36.9 Å². The van der Waals surface area contributed by atoms with Gasteiger partial charge in [0.1, 0.15) is 5.75 Å². The monoisotopic (exact) mass is 276 g/mol. The van der Waals surface area contributed by atoms with Crippen LogP contribution in [0.3, 0.4) is 0 Å². The minimum Gasteiger partial charge on any atom is -0.497 e. The van der Waals surface area contributed by atoms with E-state index in [1.165, 1.54) is 30.9 Å². The van der Waals surface area contributed by atoms with Crippen LogP contribution in [0.5, 0.6) is 5.75 Å². The minimum atomic E-state index is -0.329. The molecule has 0 unspecified atom stereocenters. The molecule has 3 heteroatoms. The number of aryl methyl sites for hydroxylation is 1. The van der Waals surface area contributed by atoms with Crippen molar-refractivity contribution in [3.05, 3.63) is 42.5 Å². The second-order valence-electron chi connectivity index (χ2n) is 4.74. The van der Waals surface area contributed by atoms with Crippen LogP contribution in [0, 0.1) is 0 Å². The Balaban J connectivity index is 1.99. The molecule has 0 radical (unpaired) electrons. The van der Waals surface area contributed by atoms with E-state index in [1.54, 1.807) is 7.11 Å². The lowest BCUT2D eigenvalue weighted by Crippen LogP contribution is -2.01. The third-order valence-electron chi connectivity index (χ3n) is 3.18. The van der Waals surface area contributed by atoms with Crippen LogP contribution in [0.1, 0.15) is 37.7 Å². The Morgan fingerprint density at radius 1 is 1.10 bits per heavy atom. The van der Waals surface area contributed by atoms with Gasteiger partial charge in [-0.05, 0) is 37.0 Å². The van der Waals surface area contributed by atoms with Gasteiger partial charge in [0, 0.05) is 6.08 Å². The Morgan fingerprint density at radius 2 is 1.75 bits per heavy atom. The average Bonchev–Trinajstić information content (AvgIpc) is 2.50. The zero-order valence-electron chi connectivity index (χ0n) is 12.3. The molecule has 0 aliphatic carbocycles. The van der Waals surface area contributed by atoms with Crippen molar-refractivity contribution >= 4 is 5.97 Å². The molecule has 1 rings (SSSR count). The predicted octanol–water partition coefficient (Wildman–Crippen LogP) is 3.92. The lowest BCUT2D eigenvalue weighted by atomic mass is 10.1. The first kappa shape index (κ1) is 16.3. The number of hydrogen-bond acceptors (Lipinski definition) is 3. The van der Waals surface area contributed by atoms with E-state index in [-0.39, 0.29) is 5.97 Å². The normalized spacial score (nSPS) is 10.1. The van der Waals surface area contributed by atoms with E-state index in [4.69, 9.17) is 9.47 Å². The number of carbonyl (C=O) groups is 1. The zero-order chi connectivity index (χ0) is 14.6. The average molecular weight is 276 g/mol. The van der Waals surface area contributed by atoms with Crippen LogP contribution in [0.2, 0.25) is 0 Å². The van der Waals surface area contributed by atoms with Crippen molar-refractivity contribution in [2.75, 3.05) is 13.7 Å². The predicted molar refractivity (Wildman–Crippen MR) is 80.9 cm³/mol. The topological polar surface area (TPSA) is 35.5 Å². The van der Waals surface area contributed by atoms with Gasteiger partial charge >= 0.3 is 5.97 Å². The molecule has 0 atom stereocenters. The van der Waals surface area contributed by atoms with E-state index >= 15 is 0 Å². The van der Waals surface area contributed by atoms with Gasteiger partial charge in [0.05, 0.1) is 13.7 Å². The van der Waals surface area contributed by atoms with Gasteiger partial charge in [0.15, 0.2) is 0 Å². The standard InChI is InChI=1S/C17H24O3/c1-3-17(18)20-14-8-6-4-5-7-9-15-10-12-16(19-2)13-11-15/h3,10-13H,1,4-9,14H2,2H3. The molecular weight excluding hydrogens is 252 g/mol. The summed E-state index contributed by atoms with van der Waals surface area (Å²) in [5, 5.41) is 0. The molecule has 0 aliphatic rings. The van der Waals surface area contributed by atoms with Crippen molar-refractivity contribution in [2.24, 2.45) is 0 Å². The highest BCUT2D eigenvalue weighted by Gasteiger charge is 1.97. The van der Waals surface area contributed by atoms with Crippen LogP contribution in [0.4, 0.5) is 0 Å². The molecule has 0 saturated carbocycles. The van der Waals surface area contributed by atoms with Crippen molar-refractivity contribution in [3.63, 3.8) is 0 Å². The van der Waals surface area contributed by atoms with Crippen molar-refractivity contribution < 1.29 is 14.3 Å². The van der Waals surface area contributed by atoms with Gasteiger partial charge in [-0.15, -0.1) is 0 Å². The fraction of sp³-hybridized carbons (Fsp3) is 0.471. The summed E-state index contributed by atoms with van der Waals surface area (Å²) < 4.78 is 10.1. The van der Waals surface area contributed by atoms with Crippen LogP contribution in [-0.2, 0) is 16.0 Å². The first-order chi connectivity index (χ1) is 9.76. The lowest BCUT2D eigenvalue weighted by Gasteiger charge is -2.04. The lowest BCUT2D eigenvalue weighted by molar-refractivity contribution is -0.137. The summed E-state index contributed by atoms with van der Waals surface area (Å²) in [6.45, 7) is 3.86. The van der Waals surface area contributed by atoms with Gasteiger partial charge in [0.25, 0.3) is 0 Å². The number of ether oxygens (including phenoxy) is 2. The number of esters is 1. The second kappa shape index (κ2) is 10.1. The smallest absolute Gasteiger partial charge is 0.330 e. The third-order valence-corrected chi connectivity index (χ3v) is 3.18. The van der Waals surface area contributed by atoms with Gasteiger partial charge in [-0.1, -0.05) is 38.0 Å². The van der Waals surface area contributed by atoms with Gasteiger partial charge in [-0.2, -0.15) is 0 Å². The van der Waals surface area contributed by atoms with Gasteiger partial charge < -0.3 is 9.47 Å². The molecule has 0 amide bonds. The molecule has 0 aromatic heterocycles. The molecule has 0 aliphatic heterocycles. The Morgan fingerprint density at radius 3 is 2.40 bits per heavy atom. The SMILES string of the molecule is C=CC(=O)OCCCCCCCc1ccc(OC)cc1. The number of rotatable bonds is 10. The second-order valence-corrected chi connectivity index (χ2v) is 4.74. The number of methoxy groups -OCH3 is 1. The van der Waals surface area contributed by atoms with Crippen LogP contribution >= 0.6 is 0 Å². The van der Waals surface area contributed by atoms with Gasteiger partial charge in [0.2, 0.25) is 0 Å². The molecule has 0 saturated heterocycles. The van der Waals surface area contributed by atoms with E-state index in [0.717, 1.165) is 25.0 Å². The minimum absolute atomic E-state index is 0.329. The largest absolute Gasteiger partial charge is 0.497 e. The molecule has 0 spiro atoms. The van der Waals surface area contributed by atoms with Crippen LogP contribution in [-0.4, -0.2) is 19.7 Å². The van der Waals surface area contributed by atoms with Crippen molar-refractivity contribution in [1.29, 1.82) is 0 Å². The number of hydrogen-bond donors (Lipinski definition) is 0. The van der Waals surface area contributed by atoms with Gasteiger partial charge in [-0.25, -0.2) is 4.79 Å². The molecule has 3 nitrogen and oxygen atoms in total. The summed E-state index contributed by atoms with van der Waals surface area (Å²) >= 11 is 0.